The molecule has 0 radical (unpaired) electrons. The number of aromatic carboxylic acids is 1. The molecule has 0 bridgehead atoms. The smallest absolute Gasteiger partial charge is 0.341 e. The Morgan fingerprint density at radius 1 is 1.42 bits per heavy atom. The van der Waals surface area contributed by atoms with Crippen LogP contribution in [0.3, 0.4) is 0 Å². The average Bonchev–Trinajstić information content (AvgIpc) is 3.32. The van der Waals surface area contributed by atoms with E-state index in [9.17, 15) is 18.4 Å². The van der Waals surface area contributed by atoms with Crippen LogP contribution in [0, 0.1) is 11.6 Å². The molecule has 1 aromatic heterocycles. The Balaban J connectivity index is 0.00000208. The lowest BCUT2D eigenvalue weighted by molar-refractivity contribution is 0.0695. The molecule has 130 valence electrons. The number of carboxylic acid groups (broad SMARTS) is 1. The largest absolute Gasteiger partial charge is 0.477 e. The molecule has 4 N–H and O–H groups in total. The van der Waals surface area contributed by atoms with Crippen molar-refractivity contribution in [3.63, 3.8) is 0 Å². The fourth-order valence-electron chi connectivity index (χ4n) is 2.59. The maximum atomic E-state index is 14.8. The second-order valence-electron chi connectivity index (χ2n) is 5.47. The lowest BCUT2D eigenvalue weighted by Crippen LogP contribution is -2.21. The molecule has 1 aliphatic carbocycles. The summed E-state index contributed by atoms with van der Waals surface area (Å²) in [6.45, 7) is 0.352. The fourth-order valence-corrected chi connectivity index (χ4v) is 2.59. The van der Waals surface area contributed by atoms with Crippen LogP contribution in [0.1, 0.15) is 29.2 Å². The summed E-state index contributed by atoms with van der Waals surface area (Å²) in [4.78, 5) is 23.4. The zero-order valence-electron chi connectivity index (χ0n) is 12.5. The van der Waals surface area contributed by atoms with E-state index in [2.05, 4.69) is 5.32 Å². The summed E-state index contributed by atoms with van der Waals surface area (Å²) in [5.41, 5.74) is 3.49. The van der Waals surface area contributed by atoms with Crippen molar-refractivity contribution < 1.29 is 18.7 Å². The molecule has 1 aliphatic rings. The molecular weight excluding hydrogens is 344 g/mol. The third-order valence-electron chi connectivity index (χ3n) is 3.82. The van der Waals surface area contributed by atoms with Gasteiger partial charge in [-0.1, -0.05) is 0 Å². The molecule has 0 spiro atoms. The Morgan fingerprint density at radius 2 is 2.08 bits per heavy atom. The van der Waals surface area contributed by atoms with E-state index < -0.39 is 28.6 Å². The molecule has 9 heteroatoms. The maximum absolute atomic E-state index is 14.8. The van der Waals surface area contributed by atoms with E-state index in [0.717, 1.165) is 25.1 Å². The van der Waals surface area contributed by atoms with Crippen LogP contribution < -0.4 is 16.5 Å². The minimum Gasteiger partial charge on any atom is -0.477 e. The van der Waals surface area contributed by atoms with Crippen LogP contribution in [-0.2, 0) is 0 Å². The van der Waals surface area contributed by atoms with Crippen LogP contribution in [-0.4, -0.2) is 28.7 Å². The van der Waals surface area contributed by atoms with Gasteiger partial charge in [-0.25, -0.2) is 13.6 Å². The fraction of sp³-hybridized carbons (Fsp3) is 0.333. The molecule has 1 saturated carbocycles. The molecule has 0 atom stereocenters. The lowest BCUT2D eigenvalue weighted by atomic mass is 10.1. The van der Waals surface area contributed by atoms with Crippen molar-refractivity contribution in [2.24, 2.45) is 5.73 Å². The average molecular weight is 360 g/mol. The number of hydrogen-bond donors (Lipinski definition) is 3. The Hall–Kier alpha value is -2.19. The first kappa shape index (κ1) is 18.2. The summed E-state index contributed by atoms with van der Waals surface area (Å²) >= 11 is 0. The molecular formula is C15H16ClF2N3O3. The molecule has 1 fully saturated rings. The number of pyridine rings is 1. The summed E-state index contributed by atoms with van der Waals surface area (Å²) in [6.07, 6.45) is 2.64. The topological polar surface area (TPSA) is 97.3 Å². The number of nitrogens with one attached hydrogen (secondary N) is 1. The number of aromatic nitrogens is 1. The molecule has 3 rings (SSSR count). The Morgan fingerprint density at radius 3 is 2.62 bits per heavy atom. The van der Waals surface area contributed by atoms with Crippen molar-refractivity contribution in [1.82, 2.24) is 4.57 Å². The van der Waals surface area contributed by atoms with E-state index in [0.29, 0.717) is 0 Å². The van der Waals surface area contributed by atoms with Gasteiger partial charge in [0.1, 0.15) is 17.1 Å². The van der Waals surface area contributed by atoms with Crippen molar-refractivity contribution >= 4 is 35.0 Å². The molecule has 1 heterocycles. The molecule has 24 heavy (non-hydrogen) atoms. The monoisotopic (exact) mass is 359 g/mol. The van der Waals surface area contributed by atoms with Crippen LogP contribution in [0.5, 0.6) is 0 Å². The van der Waals surface area contributed by atoms with E-state index in [1.54, 1.807) is 0 Å². The van der Waals surface area contributed by atoms with Crippen molar-refractivity contribution in [3.8, 4) is 0 Å². The van der Waals surface area contributed by atoms with Gasteiger partial charge >= 0.3 is 5.97 Å². The van der Waals surface area contributed by atoms with Gasteiger partial charge in [-0.2, -0.15) is 0 Å². The van der Waals surface area contributed by atoms with Gasteiger partial charge in [0, 0.05) is 25.3 Å². The highest BCUT2D eigenvalue weighted by Gasteiger charge is 2.29. The van der Waals surface area contributed by atoms with E-state index in [-0.39, 0.29) is 48.1 Å². The molecule has 6 nitrogen and oxygen atoms in total. The number of carbonyl (C=O) groups is 1. The van der Waals surface area contributed by atoms with Crippen LogP contribution in [0.4, 0.5) is 14.5 Å². The molecule has 2 aromatic rings. The highest BCUT2D eigenvalue weighted by atomic mass is 35.5. The number of nitrogens with two attached hydrogens (primary N) is 1. The van der Waals surface area contributed by atoms with Crippen molar-refractivity contribution in [2.75, 3.05) is 18.4 Å². The van der Waals surface area contributed by atoms with Crippen molar-refractivity contribution in [2.45, 2.75) is 18.9 Å². The van der Waals surface area contributed by atoms with Crippen molar-refractivity contribution in [3.05, 3.63) is 39.7 Å². The summed E-state index contributed by atoms with van der Waals surface area (Å²) in [5, 5.41) is 11.4. The molecule has 0 unspecified atom stereocenters. The maximum Gasteiger partial charge on any atom is 0.341 e. The minimum atomic E-state index is -1.42. The van der Waals surface area contributed by atoms with Gasteiger partial charge in [0.15, 0.2) is 5.82 Å². The van der Waals surface area contributed by atoms with Gasteiger partial charge < -0.3 is 20.7 Å². The van der Waals surface area contributed by atoms with Crippen LogP contribution in [0.2, 0.25) is 0 Å². The molecule has 0 amide bonds. The number of nitrogens with zero attached hydrogens (tertiary/aromatic N) is 1. The van der Waals surface area contributed by atoms with Crippen LogP contribution in [0.15, 0.2) is 17.1 Å². The third kappa shape index (κ3) is 2.94. The van der Waals surface area contributed by atoms with Crippen LogP contribution >= 0.6 is 12.4 Å². The highest BCUT2D eigenvalue weighted by Crippen LogP contribution is 2.38. The normalized spacial score (nSPS) is 13.6. The standard InChI is InChI=1S/C15H15F2N3O3.ClH/c16-10-5-8-13(11(17)12(10)19-4-3-18)20(7-1-2-7)6-9(14(8)21)15(22)23;/h5-7,19H,1-4,18H2,(H,22,23);1H. The second kappa shape index (κ2) is 6.74. The molecule has 0 aliphatic heterocycles. The zero-order chi connectivity index (χ0) is 16.7. The van der Waals surface area contributed by atoms with Gasteiger partial charge in [0.2, 0.25) is 5.43 Å². The summed E-state index contributed by atoms with van der Waals surface area (Å²) in [5.74, 6) is -3.28. The number of carboxylic acids is 1. The van der Waals surface area contributed by atoms with E-state index in [4.69, 9.17) is 10.8 Å². The number of benzene rings is 1. The molecule has 0 saturated heterocycles. The lowest BCUT2D eigenvalue weighted by Gasteiger charge is -2.15. The van der Waals surface area contributed by atoms with Crippen LogP contribution in [0.25, 0.3) is 10.9 Å². The summed E-state index contributed by atoms with van der Waals surface area (Å²) in [6, 6.07) is 0.795. The SMILES string of the molecule is Cl.NCCNc1c(F)cc2c(=O)c(C(=O)O)cn(C3CC3)c2c1F. The quantitative estimate of drug-likeness (QED) is 0.759. The van der Waals surface area contributed by atoms with Crippen molar-refractivity contribution in [1.29, 1.82) is 0 Å². The number of rotatable bonds is 5. The van der Waals surface area contributed by atoms with Gasteiger partial charge in [-0.05, 0) is 18.9 Å². The number of fused-ring (bicyclic) bond motifs is 1. The Kier molecular flexibility index (Phi) is 5.10. The number of hydrogen-bond acceptors (Lipinski definition) is 4. The first-order valence-corrected chi connectivity index (χ1v) is 7.19. The second-order valence-corrected chi connectivity index (χ2v) is 5.47. The zero-order valence-corrected chi connectivity index (χ0v) is 13.3. The Bertz CT molecular complexity index is 865. The highest BCUT2D eigenvalue weighted by molar-refractivity contribution is 5.93. The summed E-state index contributed by atoms with van der Waals surface area (Å²) < 4.78 is 30.3. The third-order valence-corrected chi connectivity index (χ3v) is 3.82. The predicted molar refractivity (Wildman–Crippen MR) is 88.1 cm³/mol. The van der Waals surface area contributed by atoms with Gasteiger partial charge in [-0.15, -0.1) is 12.4 Å². The minimum absolute atomic E-state index is 0. The first-order valence-electron chi connectivity index (χ1n) is 7.19. The molecule has 1 aromatic carbocycles. The Labute approximate surface area is 141 Å². The van der Waals surface area contributed by atoms with Gasteiger partial charge in [0.25, 0.3) is 0 Å². The van der Waals surface area contributed by atoms with E-state index >= 15 is 0 Å². The van der Waals surface area contributed by atoms with Gasteiger partial charge in [0.05, 0.1) is 10.9 Å². The van der Waals surface area contributed by atoms with E-state index in [1.165, 1.54) is 4.57 Å². The predicted octanol–water partition coefficient (Wildman–Crippen LogP) is 2.11. The number of halogens is 3. The van der Waals surface area contributed by atoms with E-state index in [1.807, 2.05) is 0 Å². The first-order chi connectivity index (χ1) is 11.0. The summed E-state index contributed by atoms with van der Waals surface area (Å²) in [7, 11) is 0. The number of anilines is 1. The van der Waals surface area contributed by atoms with Gasteiger partial charge in [-0.3, -0.25) is 4.79 Å².